The van der Waals surface area contributed by atoms with Gasteiger partial charge in [-0.05, 0) is 24.3 Å². The second-order valence-corrected chi connectivity index (χ2v) is 5.43. The summed E-state index contributed by atoms with van der Waals surface area (Å²) in [5, 5.41) is 4.70. The van der Waals surface area contributed by atoms with E-state index in [9.17, 15) is 4.79 Å². The van der Waals surface area contributed by atoms with Crippen LogP contribution in [0.3, 0.4) is 0 Å². The Labute approximate surface area is 120 Å². The van der Waals surface area contributed by atoms with Gasteiger partial charge in [-0.25, -0.2) is 4.98 Å². The Bertz CT molecular complexity index is 742. The summed E-state index contributed by atoms with van der Waals surface area (Å²) in [5.41, 5.74) is 2.47. The van der Waals surface area contributed by atoms with Gasteiger partial charge in [0, 0.05) is 43.2 Å². The monoisotopic (exact) mass is 286 g/mol. The van der Waals surface area contributed by atoms with Gasteiger partial charge in [-0.2, -0.15) is 0 Å². The summed E-state index contributed by atoms with van der Waals surface area (Å²) in [5.74, 6) is -0.133. The van der Waals surface area contributed by atoms with Gasteiger partial charge in [-0.1, -0.05) is 0 Å². The topological polar surface area (TPSA) is 49.6 Å². The van der Waals surface area contributed by atoms with Gasteiger partial charge >= 0.3 is 0 Å². The van der Waals surface area contributed by atoms with Gasteiger partial charge in [0.1, 0.15) is 5.69 Å². The van der Waals surface area contributed by atoms with Crippen LogP contribution in [-0.2, 0) is 0 Å². The molecule has 0 fully saturated rings. The van der Waals surface area contributed by atoms with Gasteiger partial charge < -0.3 is 10.2 Å². The molecule has 0 saturated heterocycles. The number of thiazole rings is 1. The number of carbonyl (C=O) groups excluding carboxylic acids is 1. The summed E-state index contributed by atoms with van der Waals surface area (Å²) in [4.78, 5) is 19.2. The highest BCUT2D eigenvalue weighted by atomic mass is 32.1. The molecule has 2 aromatic heterocycles. The highest BCUT2D eigenvalue weighted by Crippen LogP contribution is 2.18. The fourth-order valence-electron chi connectivity index (χ4n) is 1.93. The number of benzene rings is 1. The van der Waals surface area contributed by atoms with Crippen LogP contribution in [0.25, 0.3) is 4.96 Å². The molecule has 0 atom stereocenters. The Kier molecular flexibility index (Phi) is 3.15. The maximum atomic E-state index is 12.2. The van der Waals surface area contributed by atoms with Crippen molar-refractivity contribution in [3.63, 3.8) is 0 Å². The summed E-state index contributed by atoms with van der Waals surface area (Å²) in [7, 11) is 3.96. The average Bonchev–Trinajstić information content (AvgIpc) is 3.01. The van der Waals surface area contributed by atoms with E-state index in [1.807, 2.05) is 48.6 Å². The second kappa shape index (κ2) is 4.97. The molecule has 1 N–H and O–H groups in total. The number of imidazole rings is 1. The molecule has 0 aliphatic heterocycles. The van der Waals surface area contributed by atoms with Crippen molar-refractivity contribution < 1.29 is 4.79 Å². The van der Waals surface area contributed by atoms with Crippen molar-refractivity contribution >= 4 is 33.6 Å². The van der Waals surface area contributed by atoms with Crippen molar-refractivity contribution in [1.82, 2.24) is 9.38 Å². The van der Waals surface area contributed by atoms with Crippen LogP contribution >= 0.6 is 11.3 Å². The number of rotatable bonds is 3. The van der Waals surface area contributed by atoms with Crippen LogP contribution in [0.1, 0.15) is 10.5 Å². The zero-order chi connectivity index (χ0) is 14.1. The lowest BCUT2D eigenvalue weighted by Crippen LogP contribution is -2.14. The SMILES string of the molecule is CN(C)c1ccc(NC(=O)c2csc3nccn23)cc1. The molecule has 0 radical (unpaired) electrons. The number of nitrogens with one attached hydrogen (secondary N) is 1. The third-order valence-corrected chi connectivity index (χ3v) is 3.87. The Morgan fingerprint density at radius 1 is 1.30 bits per heavy atom. The first-order valence-electron chi connectivity index (χ1n) is 6.14. The summed E-state index contributed by atoms with van der Waals surface area (Å²) >= 11 is 1.45. The predicted octanol–water partition coefficient (Wildman–Crippen LogP) is 2.71. The number of anilines is 2. The molecular formula is C14H14N4OS. The molecule has 3 aromatic rings. The van der Waals surface area contributed by atoms with Crippen LogP contribution in [-0.4, -0.2) is 29.4 Å². The molecule has 1 amide bonds. The van der Waals surface area contributed by atoms with E-state index in [-0.39, 0.29) is 5.91 Å². The molecule has 2 heterocycles. The second-order valence-electron chi connectivity index (χ2n) is 4.60. The summed E-state index contributed by atoms with van der Waals surface area (Å²) in [6.45, 7) is 0. The molecule has 0 aliphatic rings. The molecule has 0 spiro atoms. The standard InChI is InChI=1S/C14H14N4OS/c1-17(2)11-5-3-10(4-6-11)16-13(19)12-9-20-14-15-7-8-18(12)14/h3-9H,1-2H3,(H,16,19). The van der Waals surface area contributed by atoms with Crippen LogP contribution in [0, 0.1) is 0 Å². The van der Waals surface area contributed by atoms with Crippen LogP contribution in [0.15, 0.2) is 42.0 Å². The first-order chi connectivity index (χ1) is 9.65. The summed E-state index contributed by atoms with van der Waals surface area (Å²) in [6.07, 6.45) is 3.48. The van der Waals surface area contributed by atoms with Crippen molar-refractivity contribution in [1.29, 1.82) is 0 Å². The van der Waals surface area contributed by atoms with Gasteiger partial charge in [0.2, 0.25) is 0 Å². The van der Waals surface area contributed by atoms with E-state index in [1.54, 1.807) is 16.8 Å². The maximum Gasteiger partial charge on any atom is 0.273 e. The molecule has 6 heteroatoms. The van der Waals surface area contributed by atoms with Gasteiger partial charge in [0.25, 0.3) is 5.91 Å². The normalized spacial score (nSPS) is 10.7. The third kappa shape index (κ3) is 2.25. The van der Waals surface area contributed by atoms with Crippen molar-refractivity contribution in [2.75, 3.05) is 24.3 Å². The molecule has 102 valence electrons. The summed E-state index contributed by atoms with van der Waals surface area (Å²) < 4.78 is 1.79. The first kappa shape index (κ1) is 12.7. The molecular weight excluding hydrogens is 272 g/mol. The van der Waals surface area contributed by atoms with Crippen LogP contribution in [0.4, 0.5) is 11.4 Å². The first-order valence-corrected chi connectivity index (χ1v) is 7.02. The van der Waals surface area contributed by atoms with E-state index in [2.05, 4.69) is 10.3 Å². The highest BCUT2D eigenvalue weighted by Gasteiger charge is 2.12. The van der Waals surface area contributed by atoms with Crippen LogP contribution in [0.5, 0.6) is 0 Å². The number of nitrogens with zero attached hydrogens (tertiary/aromatic N) is 3. The van der Waals surface area contributed by atoms with Crippen molar-refractivity contribution in [3.05, 3.63) is 47.7 Å². The Morgan fingerprint density at radius 3 is 2.75 bits per heavy atom. The van der Waals surface area contributed by atoms with Crippen molar-refractivity contribution in [2.45, 2.75) is 0 Å². The number of amides is 1. The third-order valence-electron chi connectivity index (χ3n) is 3.02. The molecule has 0 aliphatic carbocycles. The lowest BCUT2D eigenvalue weighted by molar-refractivity contribution is 0.102. The van der Waals surface area contributed by atoms with Crippen molar-refractivity contribution in [2.24, 2.45) is 0 Å². The molecule has 0 bridgehead atoms. The quantitative estimate of drug-likeness (QED) is 0.805. The number of aromatic nitrogens is 2. The maximum absolute atomic E-state index is 12.2. The lowest BCUT2D eigenvalue weighted by atomic mass is 10.2. The molecule has 20 heavy (non-hydrogen) atoms. The largest absolute Gasteiger partial charge is 0.378 e. The van der Waals surface area contributed by atoms with Crippen LogP contribution < -0.4 is 10.2 Å². The molecule has 1 aromatic carbocycles. The highest BCUT2D eigenvalue weighted by molar-refractivity contribution is 7.15. The number of fused-ring (bicyclic) bond motifs is 1. The Morgan fingerprint density at radius 2 is 2.05 bits per heavy atom. The fourth-order valence-corrected chi connectivity index (χ4v) is 2.76. The van der Waals surface area contributed by atoms with E-state index in [0.717, 1.165) is 16.3 Å². The van der Waals surface area contributed by atoms with E-state index in [0.29, 0.717) is 5.69 Å². The predicted molar refractivity (Wildman–Crippen MR) is 81.8 cm³/mol. The minimum atomic E-state index is -0.133. The minimum absolute atomic E-state index is 0.133. The average molecular weight is 286 g/mol. The van der Waals surface area contributed by atoms with Crippen molar-refractivity contribution in [3.8, 4) is 0 Å². The summed E-state index contributed by atoms with van der Waals surface area (Å²) in [6, 6.07) is 7.72. The molecule has 5 nitrogen and oxygen atoms in total. The Hall–Kier alpha value is -2.34. The van der Waals surface area contributed by atoms with Gasteiger partial charge in [0.05, 0.1) is 0 Å². The van der Waals surface area contributed by atoms with E-state index >= 15 is 0 Å². The zero-order valence-electron chi connectivity index (χ0n) is 11.2. The van der Waals surface area contributed by atoms with E-state index in [4.69, 9.17) is 0 Å². The zero-order valence-corrected chi connectivity index (χ0v) is 12.0. The lowest BCUT2D eigenvalue weighted by Gasteiger charge is -2.12. The van der Waals surface area contributed by atoms with Crippen LogP contribution in [0.2, 0.25) is 0 Å². The van der Waals surface area contributed by atoms with Gasteiger partial charge in [-0.15, -0.1) is 11.3 Å². The Balaban J connectivity index is 1.80. The number of hydrogen-bond donors (Lipinski definition) is 1. The number of hydrogen-bond acceptors (Lipinski definition) is 4. The molecule has 3 rings (SSSR count). The smallest absolute Gasteiger partial charge is 0.273 e. The fraction of sp³-hybridized carbons (Fsp3) is 0.143. The van der Waals surface area contributed by atoms with E-state index < -0.39 is 0 Å². The van der Waals surface area contributed by atoms with Gasteiger partial charge in [0.15, 0.2) is 4.96 Å². The number of carbonyl (C=O) groups is 1. The minimum Gasteiger partial charge on any atom is -0.378 e. The molecule has 0 saturated carbocycles. The van der Waals surface area contributed by atoms with E-state index in [1.165, 1.54) is 11.3 Å². The molecule has 0 unspecified atom stereocenters. The van der Waals surface area contributed by atoms with Gasteiger partial charge in [-0.3, -0.25) is 9.20 Å².